The Morgan fingerprint density at radius 1 is 0.538 bits per heavy atom. The van der Waals surface area contributed by atoms with Gasteiger partial charge in [0.05, 0.1) is 5.60 Å². The maximum atomic E-state index is 12.2. The molecule has 0 aliphatic heterocycles. The van der Waals surface area contributed by atoms with Gasteiger partial charge in [-0.25, -0.2) is 4.57 Å². The highest BCUT2D eigenvalue weighted by Gasteiger charge is 2.40. The van der Waals surface area contributed by atoms with E-state index in [1.807, 2.05) is 0 Å². The van der Waals surface area contributed by atoms with Gasteiger partial charge in [0.25, 0.3) is 0 Å². The van der Waals surface area contributed by atoms with Crippen LogP contribution in [0.25, 0.3) is 0 Å². The molecular formula is C34H71O4P. The van der Waals surface area contributed by atoms with Gasteiger partial charge in [0.1, 0.15) is 0 Å². The molecule has 236 valence electrons. The lowest BCUT2D eigenvalue weighted by Crippen LogP contribution is -2.37. The average Bonchev–Trinajstić information content (AvgIpc) is 2.90. The fraction of sp³-hybridized carbons (Fsp3) is 1.00. The molecule has 0 amide bonds. The Labute approximate surface area is 245 Å². The molecule has 5 heteroatoms. The summed E-state index contributed by atoms with van der Waals surface area (Å²) in [5.74, 6) is 0.938. The summed E-state index contributed by atoms with van der Waals surface area (Å²) in [5, 5.41) is 0. The zero-order valence-electron chi connectivity index (χ0n) is 27.2. The zero-order chi connectivity index (χ0) is 29.2. The first-order valence-corrected chi connectivity index (χ1v) is 19.0. The standard InChI is InChI=1S/C34H71O4P/c1-6-11-14-15-16-17-18-19-20-21-22-23-24-25-26-29-34(38-39(35,36)37,30-32(9-4)27-12-7-2)31-33(10-5)28-13-8-3/h32-33H,6-31H2,1-5H3,(H2,35,36,37). The Morgan fingerprint density at radius 3 is 1.18 bits per heavy atom. The average molecular weight is 575 g/mol. The normalized spacial score (nSPS) is 15.4. The van der Waals surface area contributed by atoms with E-state index in [2.05, 4.69) is 34.6 Å². The first-order valence-electron chi connectivity index (χ1n) is 17.5. The van der Waals surface area contributed by atoms with Crippen LogP contribution in [0, 0.1) is 11.8 Å². The van der Waals surface area contributed by atoms with Gasteiger partial charge in [-0.05, 0) is 31.1 Å². The summed E-state index contributed by atoms with van der Waals surface area (Å²) in [6.45, 7) is 11.2. The number of rotatable bonds is 30. The third-order valence-corrected chi connectivity index (χ3v) is 9.58. The molecule has 2 atom stereocenters. The van der Waals surface area contributed by atoms with Gasteiger partial charge < -0.3 is 9.79 Å². The Balaban J connectivity index is 4.75. The minimum absolute atomic E-state index is 0.469. The van der Waals surface area contributed by atoms with Gasteiger partial charge in [-0.3, -0.25) is 4.52 Å². The van der Waals surface area contributed by atoms with Crippen molar-refractivity contribution in [2.24, 2.45) is 11.8 Å². The van der Waals surface area contributed by atoms with Crippen LogP contribution in [0.15, 0.2) is 0 Å². The van der Waals surface area contributed by atoms with Crippen LogP contribution in [0.2, 0.25) is 0 Å². The third kappa shape index (κ3) is 23.4. The topological polar surface area (TPSA) is 66.8 Å². The van der Waals surface area contributed by atoms with Crippen LogP contribution < -0.4 is 0 Å². The van der Waals surface area contributed by atoms with Crippen LogP contribution >= 0.6 is 7.82 Å². The van der Waals surface area contributed by atoms with Crippen LogP contribution in [0.1, 0.15) is 202 Å². The second-order valence-corrected chi connectivity index (χ2v) is 13.9. The molecule has 0 bridgehead atoms. The van der Waals surface area contributed by atoms with Gasteiger partial charge in [-0.2, -0.15) is 0 Å². The molecule has 0 aliphatic rings. The quantitative estimate of drug-likeness (QED) is 0.0661. The monoisotopic (exact) mass is 575 g/mol. The third-order valence-electron chi connectivity index (χ3n) is 8.96. The molecule has 0 spiro atoms. The molecule has 2 unspecified atom stereocenters. The van der Waals surface area contributed by atoms with Crippen molar-refractivity contribution in [2.45, 2.75) is 207 Å². The van der Waals surface area contributed by atoms with Gasteiger partial charge in [0, 0.05) is 0 Å². The molecule has 39 heavy (non-hydrogen) atoms. The van der Waals surface area contributed by atoms with E-state index in [-0.39, 0.29) is 0 Å². The first kappa shape index (κ1) is 39.1. The molecule has 0 saturated heterocycles. The number of phosphoric acid groups is 1. The summed E-state index contributed by atoms with van der Waals surface area (Å²) in [6.07, 6.45) is 31.3. The molecular weight excluding hydrogens is 503 g/mol. The van der Waals surface area contributed by atoms with Crippen LogP contribution in [0.3, 0.4) is 0 Å². The summed E-state index contributed by atoms with van der Waals surface area (Å²) in [4.78, 5) is 20.0. The highest BCUT2D eigenvalue weighted by atomic mass is 31.2. The van der Waals surface area contributed by atoms with Crippen molar-refractivity contribution in [3.63, 3.8) is 0 Å². The minimum atomic E-state index is -4.56. The number of unbranched alkanes of at least 4 members (excludes halogenated alkanes) is 16. The summed E-state index contributed by atoms with van der Waals surface area (Å²) in [6, 6.07) is 0. The van der Waals surface area contributed by atoms with Crippen molar-refractivity contribution >= 4 is 7.82 Å². The fourth-order valence-corrected chi connectivity index (χ4v) is 7.16. The van der Waals surface area contributed by atoms with Crippen molar-refractivity contribution in [1.29, 1.82) is 0 Å². The first-order chi connectivity index (χ1) is 18.8. The lowest BCUT2D eigenvalue weighted by molar-refractivity contribution is -0.0187. The Hall–Kier alpha value is 0.110. The number of phosphoric ester groups is 1. The van der Waals surface area contributed by atoms with E-state index in [1.54, 1.807) is 0 Å². The lowest BCUT2D eigenvalue weighted by atomic mass is 9.76. The second-order valence-electron chi connectivity index (χ2n) is 12.7. The van der Waals surface area contributed by atoms with Crippen LogP contribution in [-0.2, 0) is 9.09 Å². The zero-order valence-corrected chi connectivity index (χ0v) is 28.1. The Morgan fingerprint density at radius 2 is 0.872 bits per heavy atom. The van der Waals surface area contributed by atoms with Gasteiger partial charge in [0.15, 0.2) is 0 Å². The van der Waals surface area contributed by atoms with Gasteiger partial charge in [-0.1, -0.05) is 182 Å². The van der Waals surface area contributed by atoms with E-state index in [1.165, 1.54) is 96.3 Å². The largest absolute Gasteiger partial charge is 0.470 e. The highest BCUT2D eigenvalue weighted by Crippen LogP contribution is 2.49. The molecule has 0 saturated carbocycles. The molecule has 0 heterocycles. The van der Waals surface area contributed by atoms with E-state index in [0.717, 1.165) is 70.6 Å². The fourth-order valence-electron chi connectivity index (χ4n) is 6.42. The summed E-state index contributed by atoms with van der Waals surface area (Å²) < 4.78 is 18.1. The molecule has 0 aromatic heterocycles. The lowest BCUT2D eigenvalue weighted by Gasteiger charge is -2.39. The van der Waals surface area contributed by atoms with Crippen molar-refractivity contribution in [1.82, 2.24) is 0 Å². The minimum Gasteiger partial charge on any atom is -0.303 e. The van der Waals surface area contributed by atoms with E-state index < -0.39 is 13.4 Å². The number of hydrogen-bond acceptors (Lipinski definition) is 2. The predicted molar refractivity (Wildman–Crippen MR) is 171 cm³/mol. The molecule has 0 aromatic rings. The van der Waals surface area contributed by atoms with Crippen molar-refractivity contribution in [3.8, 4) is 0 Å². The van der Waals surface area contributed by atoms with Gasteiger partial charge in [-0.15, -0.1) is 0 Å². The maximum Gasteiger partial charge on any atom is 0.470 e. The smallest absolute Gasteiger partial charge is 0.303 e. The van der Waals surface area contributed by atoms with E-state index >= 15 is 0 Å². The van der Waals surface area contributed by atoms with E-state index in [9.17, 15) is 14.4 Å². The van der Waals surface area contributed by atoms with Crippen molar-refractivity contribution in [3.05, 3.63) is 0 Å². The molecule has 4 nitrogen and oxygen atoms in total. The molecule has 0 aliphatic carbocycles. The molecule has 2 N–H and O–H groups in total. The highest BCUT2D eigenvalue weighted by molar-refractivity contribution is 7.46. The molecule has 0 aromatic carbocycles. The molecule has 0 radical (unpaired) electrons. The molecule has 0 fully saturated rings. The SMILES string of the molecule is CCCCCCCCCCCCCCCCCC(CC(CC)CCCC)(CC(CC)CCCC)OP(=O)(O)O. The summed E-state index contributed by atoms with van der Waals surface area (Å²) in [7, 11) is -4.56. The second kappa shape index (κ2) is 25.8. The predicted octanol–water partition coefficient (Wildman–Crippen LogP) is 12.3. The Bertz CT molecular complexity index is 543. The number of hydrogen-bond donors (Lipinski definition) is 2. The van der Waals surface area contributed by atoms with Crippen molar-refractivity contribution < 1.29 is 18.9 Å². The van der Waals surface area contributed by atoms with Crippen LogP contribution in [0.4, 0.5) is 0 Å². The van der Waals surface area contributed by atoms with E-state index in [0.29, 0.717) is 11.8 Å². The van der Waals surface area contributed by atoms with E-state index in [4.69, 9.17) is 4.52 Å². The Kier molecular flexibility index (Phi) is 25.9. The van der Waals surface area contributed by atoms with Gasteiger partial charge >= 0.3 is 7.82 Å². The summed E-state index contributed by atoms with van der Waals surface area (Å²) in [5.41, 5.74) is -0.696. The summed E-state index contributed by atoms with van der Waals surface area (Å²) >= 11 is 0. The van der Waals surface area contributed by atoms with Gasteiger partial charge in [0.2, 0.25) is 0 Å². The van der Waals surface area contributed by atoms with Crippen molar-refractivity contribution in [2.75, 3.05) is 0 Å². The van der Waals surface area contributed by atoms with Crippen LogP contribution in [0.5, 0.6) is 0 Å². The molecule has 0 rings (SSSR count). The van der Waals surface area contributed by atoms with Crippen LogP contribution in [-0.4, -0.2) is 15.4 Å². The maximum absolute atomic E-state index is 12.2.